The van der Waals surface area contributed by atoms with Crippen molar-refractivity contribution >= 4 is 27.8 Å². The summed E-state index contributed by atoms with van der Waals surface area (Å²) in [5.74, 6) is 0.256. The number of fused-ring (bicyclic) bond motifs is 2. The Morgan fingerprint density at radius 1 is 0.946 bits per heavy atom. The topological polar surface area (TPSA) is 128 Å². The Kier molecular flexibility index (Phi) is 5.57. The second-order valence-electron chi connectivity index (χ2n) is 9.14. The van der Waals surface area contributed by atoms with Crippen LogP contribution in [0, 0.1) is 11.7 Å². The molecule has 5 heterocycles. The van der Waals surface area contributed by atoms with E-state index in [0.717, 1.165) is 22.0 Å². The summed E-state index contributed by atoms with van der Waals surface area (Å²) >= 11 is 0. The number of benzene rings is 1. The average Bonchev–Trinajstić information content (AvgIpc) is 3.52. The summed E-state index contributed by atoms with van der Waals surface area (Å²) in [4.78, 5) is 21.4. The van der Waals surface area contributed by atoms with Crippen molar-refractivity contribution in [2.24, 2.45) is 5.92 Å². The Bertz CT molecular complexity index is 1740. The van der Waals surface area contributed by atoms with Crippen LogP contribution in [0.4, 0.5) is 10.1 Å². The van der Waals surface area contributed by atoms with Crippen molar-refractivity contribution in [3.8, 4) is 33.9 Å². The molecular weight excluding hydrogens is 471 g/mol. The fraction of sp³-hybridized carbons (Fsp3) is 0.148. The summed E-state index contributed by atoms with van der Waals surface area (Å²) in [5, 5.41) is 21.5. The third-order valence-corrected chi connectivity index (χ3v) is 6.16. The molecule has 0 aliphatic heterocycles. The van der Waals surface area contributed by atoms with E-state index in [4.69, 9.17) is 4.98 Å². The maximum absolute atomic E-state index is 13.9. The van der Waals surface area contributed by atoms with E-state index in [9.17, 15) is 9.50 Å². The van der Waals surface area contributed by atoms with Crippen molar-refractivity contribution in [1.29, 1.82) is 0 Å². The van der Waals surface area contributed by atoms with Gasteiger partial charge in [-0.3, -0.25) is 15.1 Å². The van der Waals surface area contributed by atoms with E-state index in [1.165, 1.54) is 12.1 Å². The first-order chi connectivity index (χ1) is 18.0. The van der Waals surface area contributed by atoms with Gasteiger partial charge in [0, 0.05) is 35.3 Å². The summed E-state index contributed by atoms with van der Waals surface area (Å²) in [6, 6.07) is 12.0. The second kappa shape index (κ2) is 9.07. The molecule has 0 amide bonds. The lowest BCUT2D eigenvalue weighted by Crippen LogP contribution is -2.24. The lowest BCUT2D eigenvalue weighted by atomic mass is 10.1. The van der Waals surface area contributed by atoms with Crippen LogP contribution < -0.4 is 5.32 Å². The van der Waals surface area contributed by atoms with Gasteiger partial charge in [-0.2, -0.15) is 5.10 Å². The zero-order valence-electron chi connectivity index (χ0n) is 20.1. The van der Waals surface area contributed by atoms with Gasteiger partial charge >= 0.3 is 0 Å². The summed E-state index contributed by atoms with van der Waals surface area (Å²) in [6.45, 7) is 3.87. The van der Waals surface area contributed by atoms with Crippen LogP contribution in [-0.2, 0) is 0 Å². The van der Waals surface area contributed by atoms with Gasteiger partial charge in [0.2, 0.25) is 0 Å². The Morgan fingerprint density at radius 2 is 1.81 bits per heavy atom. The lowest BCUT2D eigenvalue weighted by molar-refractivity contribution is 0.153. The van der Waals surface area contributed by atoms with Crippen LogP contribution in [0.3, 0.4) is 0 Å². The van der Waals surface area contributed by atoms with Crippen molar-refractivity contribution in [2.75, 3.05) is 5.32 Å². The standard InChI is InChI=1S/C27H23FN8O/c1-14(2)27(37)32-19-9-16(11-29-13-19)17-10-20-23(35-36-25(20)31-12-17)26-33-21-6-7-30-22(24(21)34-26)15-4-3-5-18(28)8-15/h3-14,27,32,37H,1-2H3,(H,33,34)(H,31,35,36). The summed E-state index contributed by atoms with van der Waals surface area (Å²) in [6.07, 6.45) is 6.14. The number of aliphatic hydroxyl groups is 1. The highest BCUT2D eigenvalue weighted by Crippen LogP contribution is 2.32. The van der Waals surface area contributed by atoms with E-state index < -0.39 is 6.23 Å². The van der Waals surface area contributed by atoms with Crippen LogP contribution >= 0.6 is 0 Å². The molecule has 1 unspecified atom stereocenters. The zero-order chi connectivity index (χ0) is 25.5. The minimum atomic E-state index is -0.682. The van der Waals surface area contributed by atoms with E-state index >= 15 is 0 Å². The Labute approximate surface area is 210 Å². The summed E-state index contributed by atoms with van der Waals surface area (Å²) < 4.78 is 13.9. The quantitative estimate of drug-likeness (QED) is 0.236. The molecule has 4 N–H and O–H groups in total. The number of pyridine rings is 3. The molecule has 6 aromatic rings. The first-order valence-electron chi connectivity index (χ1n) is 11.8. The molecule has 10 heteroatoms. The number of aliphatic hydroxyl groups excluding tert-OH is 1. The van der Waals surface area contributed by atoms with Crippen LogP contribution in [-0.4, -0.2) is 46.5 Å². The molecule has 0 saturated carbocycles. The van der Waals surface area contributed by atoms with Gasteiger partial charge in [0.25, 0.3) is 0 Å². The van der Waals surface area contributed by atoms with E-state index in [1.807, 2.05) is 32.0 Å². The molecule has 6 rings (SSSR count). The highest BCUT2D eigenvalue weighted by Gasteiger charge is 2.17. The van der Waals surface area contributed by atoms with Crippen LogP contribution in [0.15, 0.2) is 67.3 Å². The maximum atomic E-state index is 13.9. The van der Waals surface area contributed by atoms with Crippen molar-refractivity contribution in [2.45, 2.75) is 20.1 Å². The number of rotatable bonds is 6. The molecule has 184 valence electrons. The fourth-order valence-corrected chi connectivity index (χ4v) is 4.15. The average molecular weight is 495 g/mol. The second-order valence-corrected chi connectivity index (χ2v) is 9.14. The number of aromatic nitrogens is 7. The molecular formula is C27H23FN8O. The van der Waals surface area contributed by atoms with Crippen molar-refractivity contribution in [3.05, 3.63) is 73.1 Å². The molecule has 0 saturated heterocycles. The maximum Gasteiger partial charge on any atom is 0.159 e. The molecule has 0 fully saturated rings. The predicted molar refractivity (Wildman–Crippen MR) is 140 cm³/mol. The Morgan fingerprint density at radius 3 is 2.65 bits per heavy atom. The van der Waals surface area contributed by atoms with Gasteiger partial charge in [0.1, 0.15) is 23.3 Å². The molecule has 0 spiro atoms. The van der Waals surface area contributed by atoms with Crippen LogP contribution in [0.1, 0.15) is 13.8 Å². The van der Waals surface area contributed by atoms with Gasteiger partial charge < -0.3 is 15.4 Å². The SMILES string of the molecule is CC(C)C(O)Nc1cncc(-c2cnc3[nH]nc(-c4nc5c(-c6cccc(F)c6)nccc5[nH]4)c3c2)c1. The van der Waals surface area contributed by atoms with Gasteiger partial charge in [-0.15, -0.1) is 0 Å². The number of anilines is 1. The zero-order valence-corrected chi connectivity index (χ0v) is 20.1. The van der Waals surface area contributed by atoms with Gasteiger partial charge in [-0.25, -0.2) is 14.4 Å². The first kappa shape index (κ1) is 22.7. The Hall–Kier alpha value is -4.70. The molecule has 0 radical (unpaired) electrons. The summed E-state index contributed by atoms with van der Waals surface area (Å²) in [7, 11) is 0. The molecule has 0 aliphatic carbocycles. The van der Waals surface area contributed by atoms with Crippen molar-refractivity contribution in [3.63, 3.8) is 0 Å². The van der Waals surface area contributed by atoms with Crippen LogP contribution in [0.2, 0.25) is 0 Å². The monoisotopic (exact) mass is 494 g/mol. The van der Waals surface area contributed by atoms with Crippen molar-refractivity contribution in [1.82, 2.24) is 35.1 Å². The van der Waals surface area contributed by atoms with Gasteiger partial charge in [-0.1, -0.05) is 26.0 Å². The molecule has 1 atom stereocenters. The molecule has 9 nitrogen and oxygen atoms in total. The minimum Gasteiger partial charge on any atom is -0.374 e. The molecule has 0 bridgehead atoms. The highest BCUT2D eigenvalue weighted by molar-refractivity contribution is 5.96. The predicted octanol–water partition coefficient (Wildman–Crippen LogP) is 5.15. The number of nitrogens with one attached hydrogen (secondary N) is 3. The largest absolute Gasteiger partial charge is 0.374 e. The van der Waals surface area contributed by atoms with Gasteiger partial charge in [0.05, 0.1) is 28.5 Å². The van der Waals surface area contributed by atoms with Gasteiger partial charge in [0.15, 0.2) is 11.5 Å². The number of nitrogens with zero attached hydrogens (tertiary/aromatic N) is 5. The molecule has 5 aromatic heterocycles. The molecule has 0 aliphatic rings. The van der Waals surface area contributed by atoms with E-state index in [2.05, 4.69) is 35.5 Å². The number of hydrogen-bond acceptors (Lipinski definition) is 7. The third kappa shape index (κ3) is 4.27. The Balaban J connectivity index is 1.41. The number of aromatic amines is 2. The molecule has 1 aromatic carbocycles. The normalized spacial score (nSPS) is 12.5. The van der Waals surface area contributed by atoms with Crippen LogP contribution in [0.5, 0.6) is 0 Å². The third-order valence-electron chi connectivity index (χ3n) is 6.16. The highest BCUT2D eigenvalue weighted by atomic mass is 19.1. The fourth-order valence-electron chi connectivity index (χ4n) is 4.15. The first-order valence-corrected chi connectivity index (χ1v) is 11.8. The lowest BCUT2D eigenvalue weighted by Gasteiger charge is -2.17. The number of halogens is 1. The minimum absolute atomic E-state index is 0.0515. The van der Waals surface area contributed by atoms with E-state index in [0.29, 0.717) is 39.6 Å². The summed E-state index contributed by atoms with van der Waals surface area (Å²) in [5.41, 5.74) is 6.20. The smallest absolute Gasteiger partial charge is 0.159 e. The van der Waals surface area contributed by atoms with Crippen LogP contribution in [0.25, 0.3) is 56.0 Å². The van der Waals surface area contributed by atoms with E-state index in [-0.39, 0.29) is 11.7 Å². The van der Waals surface area contributed by atoms with E-state index in [1.54, 1.807) is 36.9 Å². The number of imidazole rings is 1. The number of H-pyrrole nitrogens is 2. The van der Waals surface area contributed by atoms with Gasteiger partial charge in [-0.05, 0) is 36.2 Å². The number of hydrogen-bond donors (Lipinski definition) is 4. The molecule has 37 heavy (non-hydrogen) atoms. The van der Waals surface area contributed by atoms with Crippen molar-refractivity contribution < 1.29 is 9.50 Å².